The third-order valence-corrected chi connectivity index (χ3v) is 11.9. The van der Waals surface area contributed by atoms with E-state index < -0.39 is 11.9 Å². The van der Waals surface area contributed by atoms with Gasteiger partial charge in [0.2, 0.25) is 0 Å². The molecular weight excluding hydrogens is 833 g/mol. The number of aliphatic imine (C=N–C) groups is 2. The molecular formula is C59H68N2O6. The zero-order valence-corrected chi connectivity index (χ0v) is 39.9. The molecule has 6 rings (SSSR count). The number of nitrogens with zero attached hydrogens (tertiary/aromatic N) is 2. The Kier molecular flexibility index (Phi) is 20.7. The summed E-state index contributed by atoms with van der Waals surface area (Å²) in [5, 5.41) is 1.73. The monoisotopic (exact) mass is 901 g/mol. The highest BCUT2D eigenvalue weighted by atomic mass is 16.5. The quantitative estimate of drug-likeness (QED) is 0.0211. The van der Waals surface area contributed by atoms with E-state index in [1.807, 2.05) is 91.9 Å². The second kappa shape index (κ2) is 27.8. The van der Waals surface area contributed by atoms with E-state index in [0.29, 0.717) is 22.6 Å². The molecule has 0 heterocycles. The van der Waals surface area contributed by atoms with Gasteiger partial charge >= 0.3 is 11.9 Å². The van der Waals surface area contributed by atoms with Gasteiger partial charge in [-0.2, -0.15) is 0 Å². The van der Waals surface area contributed by atoms with Crippen molar-refractivity contribution in [1.29, 1.82) is 0 Å². The highest BCUT2D eigenvalue weighted by Gasteiger charge is 2.15. The maximum absolute atomic E-state index is 13.3. The molecule has 0 aliphatic heterocycles. The SMILES string of the molecule is CCCCCCCCCCOc1ccc(N=Cc2ccc(C(=O)Oc3ccc4ccc(OC(=O)c5ccc(C=Nc6ccc(OCCCCCCCCCC)cc6)cc5)c(C)c4c3)cc2)cc1. The minimum absolute atomic E-state index is 0.385. The minimum atomic E-state index is -0.480. The van der Waals surface area contributed by atoms with E-state index in [0.717, 1.165) is 76.4 Å². The molecule has 0 spiro atoms. The van der Waals surface area contributed by atoms with Crippen molar-refractivity contribution in [3.63, 3.8) is 0 Å². The molecule has 0 aliphatic carbocycles. The van der Waals surface area contributed by atoms with Crippen LogP contribution in [0.3, 0.4) is 0 Å². The second-order valence-electron chi connectivity index (χ2n) is 17.2. The van der Waals surface area contributed by atoms with Crippen LogP contribution in [-0.2, 0) is 0 Å². The van der Waals surface area contributed by atoms with Crippen LogP contribution >= 0.6 is 0 Å². The molecule has 6 aromatic carbocycles. The number of fused-ring (bicyclic) bond motifs is 1. The lowest BCUT2D eigenvalue weighted by Crippen LogP contribution is -2.10. The van der Waals surface area contributed by atoms with E-state index in [4.69, 9.17) is 18.9 Å². The molecule has 0 radical (unpaired) electrons. The van der Waals surface area contributed by atoms with E-state index in [2.05, 4.69) is 23.8 Å². The Morgan fingerprint density at radius 2 is 0.851 bits per heavy atom. The fourth-order valence-corrected chi connectivity index (χ4v) is 7.74. The third kappa shape index (κ3) is 17.0. The van der Waals surface area contributed by atoms with Gasteiger partial charge in [-0.3, -0.25) is 9.98 Å². The lowest BCUT2D eigenvalue weighted by molar-refractivity contribution is 0.0725. The maximum atomic E-state index is 13.3. The van der Waals surface area contributed by atoms with E-state index in [-0.39, 0.29) is 0 Å². The fraction of sp³-hybridized carbons (Fsp3) is 0.356. The van der Waals surface area contributed by atoms with E-state index in [1.165, 1.54) is 89.9 Å². The molecule has 0 saturated carbocycles. The first kappa shape index (κ1) is 49.9. The molecule has 0 unspecified atom stereocenters. The Labute approximate surface area is 398 Å². The van der Waals surface area contributed by atoms with E-state index >= 15 is 0 Å². The largest absolute Gasteiger partial charge is 0.494 e. The van der Waals surface area contributed by atoms with Crippen LogP contribution in [0.5, 0.6) is 23.0 Å². The molecule has 0 aromatic heterocycles. The number of hydrogen-bond donors (Lipinski definition) is 0. The Balaban J connectivity index is 0.937. The summed E-state index contributed by atoms with van der Waals surface area (Å²) in [5.74, 6) is 1.55. The summed E-state index contributed by atoms with van der Waals surface area (Å²) in [6.45, 7) is 7.84. The molecule has 0 fully saturated rings. The molecule has 350 valence electrons. The fourth-order valence-electron chi connectivity index (χ4n) is 7.74. The molecule has 0 N–H and O–H groups in total. The van der Waals surface area contributed by atoms with Crippen LogP contribution in [0.25, 0.3) is 10.8 Å². The Morgan fingerprint density at radius 3 is 1.31 bits per heavy atom. The van der Waals surface area contributed by atoms with E-state index in [1.54, 1.807) is 54.9 Å². The van der Waals surface area contributed by atoms with Crippen LogP contribution in [0.4, 0.5) is 11.4 Å². The second-order valence-corrected chi connectivity index (χ2v) is 17.2. The molecule has 8 heteroatoms. The molecule has 0 bridgehead atoms. The van der Waals surface area contributed by atoms with Gasteiger partial charge in [-0.1, -0.05) is 140 Å². The Hall–Kier alpha value is -6.54. The van der Waals surface area contributed by atoms with Gasteiger partial charge in [-0.05, 0) is 138 Å². The summed E-state index contributed by atoms with van der Waals surface area (Å²) in [5.41, 5.74) is 4.92. The van der Waals surface area contributed by atoms with Gasteiger partial charge in [-0.15, -0.1) is 0 Å². The van der Waals surface area contributed by atoms with Crippen molar-refractivity contribution in [1.82, 2.24) is 0 Å². The van der Waals surface area contributed by atoms with Gasteiger partial charge in [0.05, 0.1) is 35.7 Å². The van der Waals surface area contributed by atoms with Gasteiger partial charge in [0, 0.05) is 12.4 Å². The maximum Gasteiger partial charge on any atom is 0.343 e. The summed E-state index contributed by atoms with van der Waals surface area (Å²) < 4.78 is 23.5. The summed E-state index contributed by atoms with van der Waals surface area (Å²) >= 11 is 0. The van der Waals surface area contributed by atoms with Gasteiger partial charge in [0.15, 0.2) is 0 Å². The molecule has 6 aromatic rings. The van der Waals surface area contributed by atoms with Crippen LogP contribution in [0.2, 0.25) is 0 Å². The van der Waals surface area contributed by atoms with Crippen LogP contribution in [0.1, 0.15) is 154 Å². The number of ether oxygens (including phenoxy) is 4. The zero-order chi connectivity index (χ0) is 46.9. The number of carbonyl (C=O) groups excluding carboxylic acids is 2. The first-order valence-electron chi connectivity index (χ1n) is 24.6. The van der Waals surface area contributed by atoms with Crippen LogP contribution in [-0.4, -0.2) is 37.6 Å². The van der Waals surface area contributed by atoms with Crippen LogP contribution in [0.15, 0.2) is 137 Å². The zero-order valence-electron chi connectivity index (χ0n) is 39.9. The van der Waals surface area contributed by atoms with Crippen LogP contribution in [0, 0.1) is 6.92 Å². The number of hydrogen-bond acceptors (Lipinski definition) is 8. The average Bonchev–Trinajstić information content (AvgIpc) is 3.36. The van der Waals surface area contributed by atoms with Crippen molar-refractivity contribution >= 4 is 46.5 Å². The molecule has 67 heavy (non-hydrogen) atoms. The van der Waals surface area contributed by atoms with Crippen molar-refractivity contribution < 1.29 is 28.5 Å². The van der Waals surface area contributed by atoms with E-state index in [9.17, 15) is 9.59 Å². The summed E-state index contributed by atoms with van der Waals surface area (Å²) in [7, 11) is 0. The predicted molar refractivity (Wildman–Crippen MR) is 275 cm³/mol. The number of aryl methyl sites for hydroxylation is 1. The lowest BCUT2D eigenvalue weighted by atomic mass is 10.0. The highest BCUT2D eigenvalue weighted by Crippen LogP contribution is 2.31. The smallest absolute Gasteiger partial charge is 0.343 e. The van der Waals surface area contributed by atoms with Gasteiger partial charge in [0.1, 0.15) is 23.0 Å². The molecule has 8 nitrogen and oxygen atoms in total. The van der Waals surface area contributed by atoms with Crippen molar-refractivity contribution in [3.8, 4) is 23.0 Å². The minimum Gasteiger partial charge on any atom is -0.494 e. The predicted octanol–water partition coefficient (Wildman–Crippen LogP) is 16.1. The van der Waals surface area contributed by atoms with Gasteiger partial charge < -0.3 is 18.9 Å². The number of benzene rings is 6. The number of carbonyl (C=O) groups is 2. The normalized spacial score (nSPS) is 11.4. The first-order chi connectivity index (χ1) is 32.9. The van der Waals surface area contributed by atoms with Crippen molar-refractivity contribution in [2.75, 3.05) is 13.2 Å². The third-order valence-electron chi connectivity index (χ3n) is 11.9. The Bertz CT molecular complexity index is 2470. The molecule has 0 amide bonds. The lowest BCUT2D eigenvalue weighted by Gasteiger charge is -2.12. The van der Waals surface area contributed by atoms with Gasteiger partial charge in [0.25, 0.3) is 0 Å². The number of esters is 2. The summed E-state index contributed by atoms with van der Waals surface area (Å²) in [4.78, 5) is 35.6. The summed E-state index contributed by atoms with van der Waals surface area (Å²) in [6, 6.07) is 38.9. The van der Waals surface area contributed by atoms with Crippen LogP contribution < -0.4 is 18.9 Å². The van der Waals surface area contributed by atoms with Crippen molar-refractivity contribution in [3.05, 3.63) is 155 Å². The number of rotatable bonds is 28. The molecule has 0 saturated heterocycles. The molecule has 0 atom stereocenters. The Morgan fingerprint density at radius 1 is 0.448 bits per heavy atom. The standard InChI is InChI=1S/C59H68N2O6/c1-4-6-8-10-12-14-16-18-40-64-53-35-30-51(31-36-53)60-43-46-20-24-49(25-21-46)58(62)66-55-34-28-48-29-39-57(45(3)56(48)42-55)67-59(63)50-26-22-47(23-27-50)44-61-52-32-37-54(38-33-52)65-41-19-17-15-13-11-9-7-5-2/h20-39,42-44H,4-19,40-41H2,1-3H3. The van der Waals surface area contributed by atoms with Gasteiger partial charge in [-0.25, -0.2) is 9.59 Å². The average molecular weight is 901 g/mol. The molecule has 0 aliphatic rings. The van der Waals surface area contributed by atoms with Crippen molar-refractivity contribution in [2.45, 2.75) is 124 Å². The topological polar surface area (TPSA) is 95.8 Å². The number of unbranched alkanes of at least 4 members (excludes halogenated alkanes) is 14. The highest BCUT2D eigenvalue weighted by molar-refractivity contribution is 5.96. The first-order valence-corrected chi connectivity index (χ1v) is 24.6. The summed E-state index contributed by atoms with van der Waals surface area (Å²) in [6.07, 6.45) is 23.9. The van der Waals surface area contributed by atoms with Crippen molar-refractivity contribution in [2.24, 2.45) is 9.98 Å².